The first-order valence-corrected chi connectivity index (χ1v) is 18.9. The van der Waals surface area contributed by atoms with Crippen LogP contribution in [-0.4, -0.2) is 11.5 Å². The molecule has 10 rings (SSSR count). The lowest BCUT2D eigenvalue weighted by atomic mass is 9.90. The fourth-order valence-corrected chi connectivity index (χ4v) is 9.06. The highest BCUT2D eigenvalue weighted by Gasteiger charge is 2.26. The van der Waals surface area contributed by atoms with Gasteiger partial charge in [-0.15, -0.1) is 11.3 Å². The molecule has 2 nitrogen and oxygen atoms in total. The van der Waals surface area contributed by atoms with Gasteiger partial charge in [0.1, 0.15) is 0 Å². The van der Waals surface area contributed by atoms with Gasteiger partial charge in [-0.2, -0.15) is 0 Å². The van der Waals surface area contributed by atoms with E-state index in [9.17, 15) is 0 Å². The minimum atomic E-state index is 0.669. The molecule has 0 bridgehead atoms. The van der Waals surface area contributed by atoms with Crippen LogP contribution in [0.1, 0.15) is 28.0 Å². The molecular formula is C50H34N2S. The Labute approximate surface area is 313 Å². The summed E-state index contributed by atoms with van der Waals surface area (Å²) in [6.07, 6.45) is 5.93. The summed E-state index contributed by atoms with van der Waals surface area (Å²) in [4.78, 5) is 12.1. The van der Waals surface area contributed by atoms with E-state index in [0.29, 0.717) is 6.42 Å². The fraction of sp³-hybridized carbons (Fsp3) is 0.0400. The number of hydrogen-bond acceptors (Lipinski definition) is 3. The number of benzene rings is 7. The van der Waals surface area contributed by atoms with E-state index >= 15 is 0 Å². The van der Waals surface area contributed by atoms with Gasteiger partial charge in [0.15, 0.2) is 5.84 Å². The molecule has 0 fully saturated rings. The van der Waals surface area contributed by atoms with Crippen LogP contribution < -0.4 is 0 Å². The average molecular weight is 695 g/mol. The van der Waals surface area contributed by atoms with Gasteiger partial charge in [0.25, 0.3) is 0 Å². The van der Waals surface area contributed by atoms with Crippen molar-refractivity contribution in [2.24, 2.45) is 9.98 Å². The first-order valence-electron chi connectivity index (χ1n) is 18.1. The van der Waals surface area contributed by atoms with Crippen molar-refractivity contribution in [3.63, 3.8) is 0 Å². The van der Waals surface area contributed by atoms with Gasteiger partial charge in [0, 0.05) is 38.9 Å². The lowest BCUT2D eigenvalue weighted by Crippen LogP contribution is -2.09. The molecule has 0 amide bonds. The summed E-state index contributed by atoms with van der Waals surface area (Å²) in [5, 5.41) is 6.31. The van der Waals surface area contributed by atoms with E-state index < -0.39 is 0 Å². The van der Waals surface area contributed by atoms with Crippen LogP contribution in [0, 0.1) is 0 Å². The number of amidine groups is 1. The molecule has 3 heteroatoms. The number of thiophene rings is 1. The predicted molar refractivity (Wildman–Crippen MR) is 228 cm³/mol. The Bertz CT molecular complexity index is 2890. The Morgan fingerprint density at radius 3 is 2.06 bits per heavy atom. The minimum absolute atomic E-state index is 0.669. The first-order chi connectivity index (χ1) is 26.1. The molecule has 250 valence electrons. The molecule has 2 heterocycles. The molecule has 0 saturated heterocycles. The topological polar surface area (TPSA) is 24.7 Å². The highest BCUT2D eigenvalue weighted by atomic mass is 32.1. The molecule has 1 aromatic heterocycles. The van der Waals surface area contributed by atoms with Crippen LogP contribution in [0.3, 0.4) is 0 Å². The predicted octanol–water partition coefficient (Wildman–Crippen LogP) is 13.4. The van der Waals surface area contributed by atoms with Crippen LogP contribution in [0.2, 0.25) is 0 Å². The first kappa shape index (κ1) is 31.3. The molecule has 8 aromatic rings. The summed E-state index contributed by atoms with van der Waals surface area (Å²) in [6.45, 7) is 4.48. The van der Waals surface area contributed by atoms with Crippen molar-refractivity contribution in [1.29, 1.82) is 0 Å². The van der Waals surface area contributed by atoms with E-state index in [0.717, 1.165) is 45.9 Å². The molecule has 7 aromatic carbocycles. The number of hydrogen-bond donors (Lipinski definition) is 0. The van der Waals surface area contributed by atoms with Gasteiger partial charge >= 0.3 is 0 Å². The van der Waals surface area contributed by atoms with Crippen molar-refractivity contribution in [3.05, 3.63) is 204 Å². The smallest absolute Gasteiger partial charge is 0.160 e. The highest BCUT2D eigenvalue weighted by molar-refractivity contribution is 7.19. The molecule has 1 aliphatic carbocycles. The number of fused-ring (bicyclic) bond motifs is 6. The SMILES string of the molecule is C=C1C=C(C2=NC(c3ccccc3)=CCC(c3cccc(-c4ccccc4)c3)=N2)c2c(sc3ccc(-c4ccc5c(ccc6ccccc65)c4)cc23)C1. The van der Waals surface area contributed by atoms with Crippen molar-refractivity contribution >= 4 is 65.8 Å². The van der Waals surface area contributed by atoms with Crippen LogP contribution in [0.4, 0.5) is 0 Å². The Hall–Kier alpha value is -6.42. The van der Waals surface area contributed by atoms with Crippen LogP contribution in [-0.2, 0) is 6.42 Å². The molecule has 0 saturated carbocycles. The summed E-state index contributed by atoms with van der Waals surface area (Å²) >= 11 is 1.86. The number of aliphatic imine (C=N–C) groups is 2. The largest absolute Gasteiger partial charge is 0.232 e. The summed E-state index contributed by atoms with van der Waals surface area (Å²) in [5.74, 6) is 0.725. The summed E-state index contributed by atoms with van der Waals surface area (Å²) in [5.41, 5.74) is 12.2. The van der Waals surface area contributed by atoms with Gasteiger partial charge in [-0.25, -0.2) is 9.98 Å². The second kappa shape index (κ2) is 13.0. The normalized spacial score (nSPS) is 14.4. The second-order valence-corrected chi connectivity index (χ2v) is 15.0. The zero-order valence-electron chi connectivity index (χ0n) is 29.1. The molecule has 0 radical (unpaired) electrons. The van der Waals surface area contributed by atoms with E-state index in [4.69, 9.17) is 9.98 Å². The maximum Gasteiger partial charge on any atom is 0.160 e. The van der Waals surface area contributed by atoms with E-state index in [1.165, 1.54) is 64.3 Å². The van der Waals surface area contributed by atoms with E-state index in [1.807, 2.05) is 11.3 Å². The number of rotatable bonds is 5. The van der Waals surface area contributed by atoms with Crippen LogP contribution in [0.25, 0.3) is 65.2 Å². The number of allylic oxidation sites excluding steroid dienone is 3. The van der Waals surface area contributed by atoms with Gasteiger partial charge < -0.3 is 0 Å². The zero-order valence-corrected chi connectivity index (χ0v) is 29.9. The Balaban J connectivity index is 1.12. The van der Waals surface area contributed by atoms with Crippen LogP contribution >= 0.6 is 11.3 Å². The molecule has 0 spiro atoms. The zero-order chi connectivity index (χ0) is 35.3. The Kier molecular flexibility index (Phi) is 7.66. The van der Waals surface area contributed by atoms with Crippen molar-refractivity contribution < 1.29 is 0 Å². The average Bonchev–Trinajstić information content (AvgIpc) is 3.43. The standard InChI is InChI=1S/C50H34N2S/c1-32-27-44(50-51-45(35-14-6-3-7-15-35)24-25-46(52-50)40-17-10-16-36(30-40)33-11-4-2-5-12-33)49-43-31-38(22-26-47(43)53-48(49)28-32)37-21-23-42-39(29-37)20-19-34-13-8-9-18-41(34)42/h2-24,26-27,29-31H,1,25,28H2. The monoisotopic (exact) mass is 694 g/mol. The maximum atomic E-state index is 5.45. The molecule has 0 N–H and O–H groups in total. The van der Waals surface area contributed by atoms with Crippen molar-refractivity contribution in [1.82, 2.24) is 0 Å². The van der Waals surface area contributed by atoms with Crippen molar-refractivity contribution in [2.45, 2.75) is 12.8 Å². The molecule has 53 heavy (non-hydrogen) atoms. The molecule has 1 aliphatic heterocycles. The van der Waals surface area contributed by atoms with Crippen molar-refractivity contribution in [2.75, 3.05) is 0 Å². The summed E-state index contributed by atoms with van der Waals surface area (Å²) in [6, 6.07) is 56.6. The Morgan fingerprint density at radius 1 is 0.509 bits per heavy atom. The lowest BCUT2D eigenvalue weighted by molar-refractivity contribution is 1.23. The summed E-state index contributed by atoms with van der Waals surface area (Å²) < 4.78 is 1.26. The third-order valence-corrected chi connectivity index (χ3v) is 11.6. The minimum Gasteiger partial charge on any atom is -0.232 e. The molecule has 2 aliphatic rings. The van der Waals surface area contributed by atoms with Gasteiger partial charge in [0.2, 0.25) is 0 Å². The quantitative estimate of drug-likeness (QED) is 0.160. The number of nitrogens with zero attached hydrogens (tertiary/aromatic N) is 2. The highest BCUT2D eigenvalue weighted by Crippen LogP contribution is 2.44. The lowest BCUT2D eigenvalue weighted by Gasteiger charge is -2.17. The van der Waals surface area contributed by atoms with Gasteiger partial charge in [-0.05, 0) is 90.8 Å². The fourth-order valence-electron chi connectivity index (χ4n) is 7.80. The third-order valence-electron chi connectivity index (χ3n) is 10.4. The van der Waals surface area contributed by atoms with Gasteiger partial charge in [-0.3, -0.25) is 0 Å². The second-order valence-electron chi connectivity index (χ2n) is 13.8. The van der Waals surface area contributed by atoms with E-state index in [1.54, 1.807) is 0 Å². The van der Waals surface area contributed by atoms with Crippen LogP contribution in [0.15, 0.2) is 192 Å². The molecule has 0 atom stereocenters. The molecule has 0 unspecified atom stereocenters. The van der Waals surface area contributed by atoms with Crippen LogP contribution in [0.5, 0.6) is 0 Å². The summed E-state index contributed by atoms with van der Waals surface area (Å²) in [7, 11) is 0. The Morgan fingerprint density at radius 2 is 1.19 bits per heavy atom. The molecular weight excluding hydrogens is 661 g/mol. The van der Waals surface area contributed by atoms with Crippen molar-refractivity contribution in [3.8, 4) is 22.3 Å². The third kappa shape index (κ3) is 5.76. The maximum absolute atomic E-state index is 5.45. The van der Waals surface area contributed by atoms with Gasteiger partial charge in [-0.1, -0.05) is 146 Å². The van der Waals surface area contributed by atoms with Gasteiger partial charge in [0.05, 0.1) is 11.4 Å². The van der Waals surface area contributed by atoms with E-state index in [2.05, 4.69) is 176 Å². The van der Waals surface area contributed by atoms with E-state index in [-0.39, 0.29) is 0 Å².